The van der Waals surface area contributed by atoms with E-state index >= 15 is 0 Å². The number of anilines is 1. The first-order chi connectivity index (χ1) is 15.1. The summed E-state index contributed by atoms with van der Waals surface area (Å²) in [7, 11) is 2.17. The zero-order chi connectivity index (χ0) is 24.0. The number of hydrogen-bond acceptors (Lipinski definition) is 3. The molecule has 6 nitrogen and oxygen atoms in total. The van der Waals surface area contributed by atoms with Gasteiger partial charge in [-0.3, -0.25) is 4.79 Å². The van der Waals surface area contributed by atoms with Gasteiger partial charge < -0.3 is 10.2 Å². The molecular weight excluding hydrogens is 423 g/mol. The summed E-state index contributed by atoms with van der Waals surface area (Å²) >= 11 is 0. The van der Waals surface area contributed by atoms with Crippen LogP contribution in [0.5, 0.6) is 0 Å². The number of carbonyl (C=O) groups is 1. The lowest BCUT2D eigenvalue weighted by atomic mass is 10.1. The molecule has 0 saturated carbocycles. The SMILES string of the molecule is CCCCCN(C)CCCCCCCCCC(=O)Nc1ccc([N+](=O)O)c(C(F)(F)F)c1. The second-order valence-corrected chi connectivity index (χ2v) is 8.29. The Morgan fingerprint density at radius 2 is 1.56 bits per heavy atom. The van der Waals surface area contributed by atoms with Crippen LogP contribution in [0.1, 0.15) is 83.1 Å². The topological polar surface area (TPSA) is 72.7 Å². The Labute approximate surface area is 188 Å². The van der Waals surface area contributed by atoms with E-state index < -0.39 is 22.4 Å². The Bertz CT molecular complexity index is 711. The molecule has 0 aromatic heterocycles. The van der Waals surface area contributed by atoms with Crippen LogP contribution in [0.25, 0.3) is 0 Å². The number of nitrogens with one attached hydrogen (secondary N) is 1. The number of hydrogen-bond donors (Lipinski definition) is 2. The van der Waals surface area contributed by atoms with Crippen LogP contribution >= 0.6 is 0 Å². The average Bonchev–Trinajstić information content (AvgIpc) is 2.72. The fourth-order valence-electron chi connectivity index (χ4n) is 3.53. The first-order valence-electron chi connectivity index (χ1n) is 11.5. The molecule has 0 fully saturated rings. The van der Waals surface area contributed by atoms with E-state index in [0.717, 1.165) is 44.5 Å². The van der Waals surface area contributed by atoms with Gasteiger partial charge in [0, 0.05) is 18.2 Å². The highest BCUT2D eigenvalue weighted by molar-refractivity contribution is 5.91. The molecule has 0 spiro atoms. The summed E-state index contributed by atoms with van der Waals surface area (Å²) in [6.07, 6.45) is 6.46. The lowest BCUT2D eigenvalue weighted by Crippen LogP contribution is -2.20. The number of benzene rings is 1. The summed E-state index contributed by atoms with van der Waals surface area (Å²) in [5, 5.41) is 11.2. The maximum absolute atomic E-state index is 13.0. The fourth-order valence-corrected chi connectivity index (χ4v) is 3.53. The van der Waals surface area contributed by atoms with Crippen LogP contribution in [0.4, 0.5) is 24.5 Å². The van der Waals surface area contributed by atoms with Crippen LogP contribution in [0, 0.1) is 4.91 Å². The Hall–Kier alpha value is -2.16. The van der Waals surface area contributed by atoms with Gasteiger partial charge in [0.25, 0.3) is 4.92 Å². The highest BCUT2D eigenvalue weighted by Gasteiger charge is 2.40. The molecule has 0 atom stereocenters. The third-order valence-electron chi connectivity index (χ3n) is 5.38. The minimum absolute atomic E-state index is 0.0624. The van der Waals surface area contributed by atoms with Gasteiger partial charge in [0.1, 0.15) is 5.56 Å². The molecule has 0 aliphatic carbocycles. The smallest absolute Gasteiger partial charge is 0.326 e. The van der Waals surface area contributed by atoms with Crippen LogP contribution in [-0.2, 0) is 11.0 Å². The van der Waals surface area contributed by atoms with Crippen molar-refractivity contribution in [3.05, 3.63) is 28.7 Å². The van der Waals surface area contributed by atoms with E-state index in [-0.39, 0.29) is 18.0 Å². The normalized spacial score (nSPS) is 11.7. The molecule has 0 bridgehead atoms. The first-order valence-corrected chi connectivity index (χ1v) is 11.5. The number of alkyl halides is 3. The maximum atomic E-state index is 13.0. The fraction of sp³-hybridized carbons (Fsp3) is 0.696. The maximum Gasteiger partial charge on any atom is 0.423 e. The molecule has 2 N–H and O–H groups in total. The zero-order valence-corrected chi connectivity index (χ0v) is 19.2. The van der Waals surface area contributed by atoms with Crippen LogP contribution in [0.15, 0.2) is 18.2 Å². The number of carbonyl (C=O) groups excluding carboxylic acids is 1. The van der Waals surface area contributed by atoms with Crippen molar-refractivity contribution in [3.8, 4) is 0 Å². The van der Waals surface area contributed by atoms with Gasteiger partial charge in [0.15, 0.2) is 0 Å². The first kappa shape index (κ1) is 27.9. The largest absolute Gasteiger partial charge is 0.423 e. The highest BCUT2D eigenvalue weighted by atomic mass is 19.4. The molecule has 0 saturated heterocycles. The Balaban J connectivity index is 2.20. The number of amides is 1. The number of unbranched alkanes of at least 4 members (excludes halogenated alkanes) is 8. The van der Waals surface area contributed by atoms with Gasteiger partial charge in [-0.25, -0.2) is 5.21 Å². The summed E-state index contributed by atoms with van der Waals surface area (Å²) in [6, 6.07) is 2.63. The molecule has 182 valence electrons. The third kappa shape index (κ3) is 11.5. The van der Waals surface area contributed by atoms with Gasteiger partial charge in [-0.15, -0.1) is 0 Å². The van der Waals surface area contributed by atoms with Crippen molar-refractivity contribution in [2.45, 2.75) is 83.7 Å². The van der Waals surface area contributed by atoms with Crippen molar-refractivity contribution >= 4 is 17.3 Å². The van der Waals surface area contributed by atoms with Gasteiger partial charge in [0.2, 0.25) is 5.91 Å². The highest BCUT2D eigenvalue weighted by Crippen LogP contribution is 2.37. The molecule has 0 aliphatic rings. The van der Waals surface area contributed by atoms with Crippen molar-refractivity contribution in [2.24, 2.45) is 0 Å². The number of rotatable bonds is 16. The van der Waals surface area contributed by atoms with Gasteiger partial charge in [-0.1, -0.05) is 51.9 Å². The molecular formula is C23H37F3N3O3+. The molecule has 0 aliphatic heterocycles. The van der Waals surface area contributed by atoms with Gasteiger partial charge in [-0.2, -0.15) is 13.2 Å². The quantitative estimate of drug-likeness (QED) is 0.213. The number of halogens is 3. The van der Waals surface area contributed by atoms with E-state index in [2.05, 4.69) is 24.2 Å². The third-order valence-corrected chi connectivity index (χ3v) is 5.38. The summed E-state index contributed by atoms with van der Waals surface area (Å²) in [5.41, 5.74) is -2.29. The second-order valence-electron chi connectivity index (χ2n) is 8.29. The van der Waals surface area contributed by atoms with E-state index in [4.69, 9.17) is 5.21 Å². The molecule has 9 heteroatoms. The zero-order valence-electron chi connectivity index (χ0n) is 19.2. The number of nitrogens with zero attached hydrogens (tertiary/aromatic N) is 2. The van der Waals surface area contributed by atoms with Crippen molar-refractivity contribution in [2.75, 3.05) is 25.5 Å². The van der Waals surface area contributed by atoms with Crippen molar-refractivity contribution in [3.63, 3.8) is 0 Å². The minimum atomic E-state index is -4.83. The Morgan fingerprint density at radius 1 is 1.00 bits per heavy atom. The van der Waals surface area contributed by atoms with Crippen molar-refractivity contribution in [1.29, 1.82) is 0 Å². The minimum Gasteiger partial charge on any atom is -0.326 e. The summed E-state index contributed by atoms with van der Waals surface area (Å²) in [6.45, 7) is 4.50. The molecule has 0 radical (unpaired) electrons. The van der Waals surface area contributed by atoms with Gasteiger partial charge in [-0.05, 0) is 51.5 Å². The Kier molecular flexibility index (Phi) is 12.9. The molecule has 1 aromatic carbocycles. The molecule has 1 rings (SSSR count). The predicted octanol–water partition coefficient (Wildman–Crippen LogP) is 6.69. The molecule has 1 amide bonds. The van der Waals surface area contributed by atoms with Gasteiger partial charge >= 0.3 is 11.9 Å². The lowest BCUT2D eigenvalue weighted by Gasteiger charge is -2.15. The van der Waals surface area contributed by atoms with E-state index in [9.17, 15) is 22.9 Å². The average molecular weight is 461 g/mol. The predicted molar refractivity (Wildman–Crippen MR) is 119 cm³/mol. The molecule has 0 unspecified atom stereocenters. The monoisotopic (exact) mass is 460 g/mol. The lowest BCUT2D eigenvalue weighted by molar-refractivity contribution is -0.730. The summed E-state index contributed by atoms with van der Waals surface area (Å²) in [5.74, 6) is -0.375. The van der Waals surface area contributed by atoms with Crippen LogP contribution in [-0.4, -0.2) is 41.1 Å². The van der Waals surface area contributed by atoms with Gasteiger partial charge in [0.05, 0.1) is 4.91 Å². The van der Waals surface area contributed by atoms with E-state index in [1.807, 2.05) is 0 Å². The van der Waals surface area contributed by atoms with E-state index in [1.54, 1.807) is 0 Å². The van der Waals surface area contributed by atoms with Crippen molar-refractivity contribution in [1.82, 2.24) is 4.90 Å². The van der Waals surface area contributed by atoms with E-state index in [1.165, 1.54) is 38.5 Å². The second kappa shape index (κ2) is 14.8. The standard InChI is InChI=1S/C23H36F3N3O3/c1-3-4-11-16-28(2)17-12-9-7-5-6-8-10-13-22(30)27-19-14-15-21(29(31)32)20(18-19)23(24,25)26/h14-15,18H,3-13,16-17H2,1-2H3,(H-,27,30,31,32)/p+1. The van der Waals surface area contributed by atoms with Crippen LogP contribution in [0.2, 0.25) is 0 Å². The van der Waals surface area contributed by atoms with Crippen molar-refractivity contribution < 1.29 is 28.1 Å². The molecule has 1 aromatic rings. The summed E-state index contributed by atoms with van der Waals surface area (Å²) < 4.78 is 39.1. The molecule has 0 heterocycles. The van der Waals surface area contributed by atoms with Crippen LogP contribution in [0.3, 0.4) is 0 Å². The van der Waals surface area contributed by atoms with Crippen LogP contribution < -0.4 is 5.32 Å². The van der Waals surface area contributed by atoms with E-state index in [0.29, 0.717) is 12.5 Å². The Morgan fingerprint density at radius 3 is 2.12 bits per heavy atom. The molecule has 32 heavy (non-hydrogen) atoms. The summed E-state index contributed by atoms with van der Waals surface area (Å²) in [4.78, 5) is 24.5.